The molecule has 28 heavy (non-hydrogen) atoms. The molecule has 6 heteroatoms. The number of carbonyl (C=O) groups excluding carboxylic acids is 2. The molecule has 2 aromatic rings. The Kier molecular flexibility index (Phi) is 6.39. The summed E-state index contributed by atoms with van der Waals surface area (Å²) in [5, 5.41) is 6.05. The number of hydrogen-bond acceptors (Lipinski definition) is 3. The monoisotopic (exact) mass is 383 g/mol. The van der Waals surface area contributed by atoms with E-state index in [0.29, 0.717) is 23.4 Å². The van der Waals surface area contributed by atoms with E-state index < -0.39 is 0 Å². The smallest absolute Gasteiger partial charge is 0.268 e. The van der Waals surface area contributed by atoms with E-state index in [1.807, 2.05) is 38.1 Å². The third-order valence-electron chi connectivity index (χ3n) is 5.44. The minimum Gasteiger partial charge on any atom is -0.497 e. The second-order valence-corrected chi connectivity index (χ2v) is 7.46. The number of rotatable bonds is 6. The van der Waals surface area contributed by atoms with Gasteiger partial charge in [-0.3, -0.25) is 9.59 Å². The highest BCUT2D eigenvalue weighted by molar-refractivity contribution is 6.02. The van der Waals surface area contributed by atoms with Crippen molar-refractivity contribution in [2.24, 2.45) is 0 Å². The van der Waals surface area contributed by atoms with Gasteiger partial charge in [0.1, 0.15) is 11.4 Å². The van der Waals surface area contributed by atoms with Crippen LogP contribution in [0.2, 0.25) is 0 Å². The van der Waals surface area contributed by atoms with Crippen LogP contribution in [0.1, 0.15) is 69.8 Å². The van der Waals surface area contributed by atoms with Crippen molar-refractivity contribution < 1.29 is 14.3 Å². The average Bonchev–Trinajstić information content (AvgIpc) is 3.01. The zero-order valence-corrected chi connectivity index (χ0v) is 16.9. The first-order valence-corrected chi connectivity index (χ1v) is 9.90. The lowest BCUT2D eigenvalue weighted by atomic mass is 9.95. The van der Waals surface area contributed by atoms with Crippen molar-refractivity contribution in [2.45, 2.75) is 58.5 Å². The Morgan fingerprint density at radius 3 is 2.39 bits per heavy atom. The molecule has 150 valence electrons. The van der Waals surface area contributed by atoms with Crippen LogP contribution >= 0.6 is 0 Å². The van der Waals surface area contributed by atoms with Gasteiger partial charge >= 0.3 is 0 Å². The second kappa shape index (κ2) is 8.95. The number of carbonyl (C=O) groups is 2. The van der Waals surface area contributed by atoms with Crippen molar-refractivity contribution in [3.05, 3.63) is 52.3 Å². The highest BCUT2D eigenvalue weighted by Gasteiger charge is 2.24. The van der Waals surface area contributed by atoms with Gasteiger partial charge in [-0.15, -0.1) is 0 Å². The maximum absolute atomic E-state index is 12.8. The summed E-state index contributed by atoms with van der Waals surface area (Å²) in [6, 6.07) is 7.78. The van der Waals surface area contributed by atoms with Gasteiger partial charge in [0, 0.05) is 18.3 Å². The van der Waals surface area contributed by atoms with Crippen molar-refractivity contribution in [2.75, 3.05) is 7.11 Å². The van der Waals surface area contributed by atoms with Gasteiger partial charge < -0.3 is 20.4 Å². The molecule has 3 rings (SSSR count). The van der Waals surface area contributed by atoms with Gasteiger partial charge in [-0.05, 0) is 49.9 Å². The SMILES string of the molecule is COc1ccc(CNC(=O)c2[nH]c(C)c(C(=O)NC3CCCCC3)c2C)cc1. The van der Waals surface area contributed by atoms with Crippen molar-refractivity contribution in [1.29, 1.82) is 0 Å². The molecule has 1 aromatic carbocycles. The van der Waals surface area contributed by atoms with E-state index in [0.717, 1.165) is 42.7 Å². The minimum absolute atomic E-state index is 0.0904. The number of ether oxygens (including phenoxy) is 1. The highest BCUT2D eigenvalue weighted by atomic mass is 16.5. The summed E-state index contributed by atoms with van der Waals surface area (Å²) in [7, 11) is 1.62. The number of aromatic nitrogens is 1. The number of nitrogens with one attached hydrogen (secondary N) is 3. The second-order valence-electron chi connectivity index (χ2n) is 7.46. The quantitative estimate of drug-likeness (QED) is 0.712. The first kappa shape index (κ1) is 20.0. The van der Waals surface area contributed by atoms with Crippen LogP contribution in [0.4, 0.5) is 0 Å². The van der Waals surface area contributed by atoms with Gasteiger partial charge in [0.2, 0.25) is 0 Å². The Morgan fingerprint density at radius 2 is 1.75 bits per heavy atom. The number of methoxy groups -OCH3 is 1. The lowest BCUT2D eigenvalue weighted by Crippen LogP contribution is -2.36. The predicted molar refractivity (Wildman–Crippen MR) is 109 cm³/mol. The van der Waals surface area contributed by atoms with Crippen LogP contribution in [0.5, 0.6) is 5.75 Å². The summed E-state index contributed by atoms with van der Waals surface area (Å²) in [6.45, 7) is 4.06. The Bertz CT molecular complexity index is 833. The zero-order valence-electron chi connectivity index (χ0n) is 16.9. The third kappa shape index (κ3) is 4.55. The molecule has 0 radical (unpaired) electrons. The average molecular weight is 383 g/mol. The number of amides is 2. The maximum atomic E-state index is 12.8. The molecule has 1 aliphatic rings. The van der Waals surface area contributed by atoms with E-state index in [2.05, 4.69) is 15.6 Å². The lowest BCUT2D eigenvalue weighted by molar-refractivity contribution is 0.0926. The molecule has 1 fully saturated rings. The van der Waals surface area contributed by atoms with E-state index >= 15 is 0 Å². The van der Waals surface area contributed by atoms with Crippen LogP contribution in [-0.2, 0) is 6.54 Å². The molecule has 1 aromatic heterocycles. The van der Waals surface area contributed by atoms with Crippen LogP contribution in [-0.4, -0.2) is 29.9 Å². The molecule has 2 amide bonds. The van der Waals surface area contributed by atoms with Crippen LogP contribution < -0.4 is 15.4 Å². The standard InChI is InChI=1S/C22H29N3O3/c1-14-19(21(26)25-17-7-5-4-6-8-17)15(2)24-20(14)22(27)23-13-16-9-11-18(28-3)12-10-16/h9-12,17,24H,4-8,13H2,1-3H3,(H,23,27)(H,25,26). The fourth-order valence-electron chi connectivity index (χ4n) is 3.84. The summed E-state index contributed by atoms with van der Waals surface area (Å²) in [5.74, 6) is 0.472. The van der Waals surface area contributed by atoms with Crippen LogP contribution in [0.15, 0.2) is 24.3 Å². The molecule has 1 heterocycles. The number of hydrogen-bond donors (Lipinski definition) is 3. The molecule has 0 spiro atoms. The van der Waals surface area contributed by atoms with Crippen molar-refractivity contribution in [3.8, 4) is 5.75 Å². The first-order chi connectivity index (χ1) is 13.5. The van der Waals surface area contributed by atoms with Gasteiger partial charge in [-0.2, -0.15) is 0 Å². The van der Waals surface area contributed by atoms with Crippen LogP contribution in [0.3, 0.4) is 0 Å². The number of benzene rings is 1. The summed E-state index contributed by atoms with van der Waals surface area (Å²) >= 11 is 0. The maximum Gasteiger partial charge on any atom is 0.268 e. The number of aryl methyl sites for hydroxylation is 1. The number of aromatic amines is 1. The molecular formula is C22H29N3O3. The van der Waals surface area contributed by atoms with E-state index in [9.17, 15) is 9.59 Å². The molecule has 3 N–H and O–H groups in total. The summed E-state index contributed by atoms with van der Waals surface area (Å²) in [6.07, 6.45) is 5.63. The lowest BCUT2D eigenvalue weighted by Gasteiger charge is -2.22. The molecule has 1 saturated carbocycles. The minimum atomic E-state index is -0.215. The van der Waals surface area contributed by atoms with Crippen LogP contribution in [0, 0.1) is 13.8 Å². The normalized spacial score (nSPS) is 14.5. The third-order valence-corrected chi connectivity index (χ3v) is 5.44. The fourth-order valence-corrected chi connectivity index (χ4v) is 3.84. The summed E-state index contributed by atoms with van der Waals surface area (Å²) < 4.78 is 5.14. The molecular weight excluding hydrogens is 354 g/mol. The Labute approximate surface area is 166 Å². The summed E-state index contributed by atoms with van der Waals surface area (Å²) in [5.41, 5.74) is 3.42. The molecule has 0 aliphatic heterocycles. The Hall–Kier alpha value is -2.76. The molecule has 0 saturated heterocycles. The van der Waals surface area contributed by atoms with Gasteiger partial charge in [-0.1, -0.05) is 31.4 Å². The van der Waals surface area contributed by atoms with Gasteiger partial charge in [0.15, 0.2) is 0 Å². The van der Waals surface area contributed by atoms with Gasteiger partial charge in [-0.25, -0.2) is 0 Å². The zero-order chi connectivity index (χ0) is 20.1. The molecule has 1 aliphatic carbocycles. The van der Waals surface area contributed by atoms with Crippen molar-refractivity contribution in [1.82, 2.24) is 15.6 Å². The highest BCUT2D eigenvalue weighted by Crippen LogP contribution is 2.21. The molecule has 0 bridgehead atoms. The molecule has 0 unspecified atom stereocenters. The van der Waals surface area contributed by atoms with E-state index in [4.69, 9.17) is 4.74 Å². The van der Waals surface area contributed by atoms with E-state index in [1.165, 1.54) is 6.42 Å². The topological polar surface area (TPSA) is 83.2 Å². The first-order valence-electron chi connectivity index (χ1n) is 9.90. The largest absolute Gasteiger partial charge is 0.497 e. The van der Waals surface area contributed by atoms with Crippen molar-refractivity contribution in [3.63, 3.8) is 0 Å². The molecule has 0 atom stereocenters. The van der Waals surface area contributed by atoms with E-state index in [1.54, 1.807) is 7.11 Å². The van der Waals surface area contributed by atoms with Crippen LogP contribution in [0.25, 0.3) is 0 Å². The van der Waals surface area contributed by atoms with Gasteiger partial charge in [0.25, 0.3) is 11.8 Å². The Morgan fingerprint density at radius 1 is 1.07 bits per heavy atom. The predicted octanol–water partition coefficient (Wildman–Crippen LogP) is 3.63. The summed E-state index contributed by atoms with van der Waals surface area (Å²) in [4.78, 5) is 28.5. The molecule has 6 nitrogen and oxygen atoms in total. The number of H-pyrrole nitrogens is 1. The Balaban J connectivity index is 1.65. The van der Waals surface area contributed by atoms with E-state index in [-0.39, 0.29) is 17.9 Å². The van der Waals surface area contributed by atoms with Crippen molar-refractivity contribution >= 4 is 11.8 Å². The van der Waals surface area contributed by atoms with Gasteiger partial charge in [0.05, 0.1) is 12.7 Å². The fraction of sp³-hybridized carbons (Fsp3) is 0.455.